The molecule has 5 aliphatic rings. The molecule has 1 saturated heterocycles. The first kappa shape index (κ1) is 79.3. The zero-order chi connectivity index (χ0) is 86.2. The number of nitrogens with zero attached hydrogens (tertiary/aromatic N) is 6. The summed E-state index contributed by atoms with van der Waals surface area (Å²) >= 11 is 3.98. The number of fused-ring (bicyclic) bond motifs is 20. The highest BCUT2D eigenvalue weighted by Crippen LogP contribution is 2.68. The summed E-state index contributed by atoms with van der Waals surface area (Å²) in [5.74, 6) is 6.76. The van der Waals surface area contributed by atoms with E-state index in [0.29, 0.717) is 34.8 Å². The van der Waals surface area contributed by atoms with Crippen LogP contribution in [0.2, 0.25) is 0 Å². The second-order valence-corrected chi connectivity index (χ2v) is 35.9. The minimum absolute atomic E-state index is 0.414. The first-order chi connectivity index (χ1) is 61.1. The van der Waals surface area contributed by atoms with Crippen LogP contribution in [-0.2, 0) is 20.1 Å². The Labute approximate surface area is 744 Å². The first-order valence-corrected chi connectivity index (χ1v) is 44.0. The Balaban J connectivity index is 0.000000123. The summed E-state index contributed by atoms with van der Waals surface area (Å²) in [6.45, 7) is 25.8. The summed E-state index contributed by atoms with van der Waals surface area (Å²) in [5.41, 5.74) is 32.6. The number of hydrogen-bond acceptors (Lipinski definition) is 10. The van der Waals surface area contributed by atoms with Crippen molar-refractivity contribution in [2.45, 2.75) is 105 Å². The van der Waals surface area contributed by atoms with Crippen molar-refractivity contribution in [3.05, 3.63) is 421 Å². The highest BCUT2D eigenvalue weighted by Gasteiger charge is 2.57. The lowest BCUT2D eigenvalue weighted by atomic mass is 9.64. The number of ether oxygens (including phenoxy) is 2. The van der Waals surface area contributed by atoms with Gasteiger partial charge in [0.25, 0.3) is 0 Å². The van der Waals surface area contributed by atoms with Crippen molar-refractivity contribution in [3.8, 4) is 124 Å². The SMILES string of the molecule is CC1(C)OB(c2nc(-c3ccccc3)nc(-c3ccc(-c4cccc5ccccc45)cc3)n2)OC1(C)C.Cc1cc(C)c2c(c1)C1(c3ccccc3Oc3c(C)cccc31)c1c(-c3nc(-c4ccccc4)nc(-c4ccc(-c5cccc6ccccc56)cc4)n3)ccc(C)c1-2.Cc1cc(C)c2c(c1)C1(c3ccccc3Oc3c(C)cccc31)c1c(Br)ccc(C)c1-2. The van der Waals surface area contributed by atoms with Crippen LogP contribution in [-0.4, -0.2) is 48.2 Å². The van der Waals surface area contributed by atoms with Gasteiger partial charge in [0.05, 0.1) is 22.0 Å². The Bertz CT molecular complexity index is 7450. The molecule has 16 aromatic carbocycles. The zero-order valence-electron chi connectivity index (χ0n) is 72.4. The van der Waals surface area contributed by atoms with Crippen LogP contribution < -0.4 is 15.2 Å². The Hall–Kier alpha value is -13.9. The Kier molecular flexibility index (Phi) is 19.4. The van der Waals surface area contributed by atoms with E-state index >= 15 is 0 Å². The average Bonchev–Trinajstić information content (AvgIpc) is 1.50. The standard InChI is InChI=1S/C54H39N3O.C31H28BN3O2.C29H23BrO/c1-32-30-35(4)47-45(31-32)54(43-21-10-11-23-46(43)58-50-34(3)14-12-22-44(50)54)49-42(29-24-33(2)48(47)49)53-56-51(38-16-6-5-7-17-38)55-52(57-53)39-27-25-37(26-28-39)41-20-13-18-36-15-8-9-19-40(36)41;1-30(2)31(3,4)37-32(36-30)29-34-27(23-12-6-5-7-13-23)33-28(35-29)24-19-17-22(18-20-24)26-16-10-14-21-11-8-9-15-25(21)26;1-16-14-19(4)25-22(15-16)29(27-23(30)13-12-17(2)26(25)27)20-9-5-6-11-24(20)31-28-18(3)8-7-10-21(28)29/h5-31H,1-4H3;5-20H,1-4H3;5-15H,1-4H3. The highest BCUT2D eigenvalue weighted by atomic mass is 79.9. The third kappa shape index (κ3) is 12.9. The van der Waals surface area contributed by atoms with E-state index in [1.54, 1.807) is 0 Å². The predicted octanol–water partition coefficient (Wildman–Crippen LogP) is 27.9. The van der Waals surface area contributed by atoms with Crippen molar-refractivity contribution in [2.75, 3.05) is 0 Å². The number of hydrogen-bond donors (Lipinski definition) is 0. The maximum absolute atomic E-state index is 6.84. The number of halogens is 1. The monoisotopic (exact) mass is 1700 g/mol. The Morgan fingerprint density at radius 3 is 1.11 bits per heavy atom. The molecular weight excluding hydrogens is 1610 g/mol. The third-order valence-corrected chi connectivity index (χ3v) is 27.2. The molecule has 2 unspecified atom stereocenters. The van der Waals surface area contributed by atoms with Gasteiger partial charge in [0, 0.05) is 54.5 Å². The average molecular weight is 1700 g/mol. The molecule has 23 rings (SSSR count). The smallest absolute Gasteiger partial charge is 0.456 e. The van der Waals surface area contributed by atoms with Crippen molar-refractivity contribution in [2.24, 2.45) is 0 Å². The molecule has 610 valence electrons. The summed E-state index contributed by atoms with van der Waals surface area (Å²) in [7, 11) is -0.677. The van der Waals surface area contributed by atoms with Crippen molar-refractivity contribution in [1.82, 2.24) is 29.9 Å². The van der Waals surface area contributed by atoms with Crippen LogP contribution in [0.15, 0.2) is 332 Å². The number of para-hydroxylation sites is 4. The topological polar surface area (TPSA) is 114 Å². The molecule has 0 amide bonds. The number of rotatable bonds is 8. The van der Waals surface area contributed by atoms with Crippen LogP contribution in [0.4, 0.5) is 0 Å². The summed E-state index contributed by atoms with van der Waals surface area (Å²) in [6, 6.07) is 116. The van der Waals surface area contributed by atoms with Crippen LogP contribution in [0.1, 0.15) is 117 Å². The molecule has 3 aliphatic heterocycles. The van der Waals surface area contributed by atoms with Crippen LogP contribution >= 0.6 is 15.9 Å². The van der Waals surface area contributed by atoms with Crippen molar-refractivity contribution >= 4 is 50.3 Å². The minimum Gasteiger partial charge on any atom is -0.456 e. The van der Waals surface area contributed by atoms with Crippen molar-refractivity contribution in [1.29, 1.82) is 0 Å². The van der Waals surface area contributed by atoms with E-state index < -0.39 is 29.2 Å². The fourth-order valence-corrected chi connectivity index (χ4v) is 20.8. The van der Waals surface area contributed by atoms with E-state index in [-0.39, 0.29) is 0 Å². The normalized spacial score (nSPS) is 15.9. The van der Waals surface area contributed by atoms with Crippen molar-refractivity contribution in [3.63, 3.8) is 0 Å². The zero-order valence-corrected chi connectivity index (χ0v) is 74.0. The van der Waals surface area contributed by atoms with Gasteiger partial charge in [-0.15, -0.1) is 0 Å². The Morgan fingerprint density at radius 2 is 0.635 bits per heavy atom. The molecule has 5 heterocycles. The number of aryl methyl sites for hydroxylation is 8. The molecule has 0 radical (unpaired) electrons. The van der Waals surface area contributed by atoms with Gasteiger partial charge in [-0.2, -0.15) is 0 Å². The molecular formula is C114H90BBrN6O4. The van der Waals surface area contributed by atoms with Gasteiger partial charge >= 0.3 is 7.12 Å². The lowest BCUT2D eigenvalue weighted by molar-refractivity contribution is 0.00578. The molecule has 12 heteroatoms. The van der Waals surface area contributed by atoms with E-state index in [2.05, 4.69) is 350 Å². The van der Waals surface area contributed by atoms with Gasteiger partial charge in [-0.3, -0.25) is 0 Å². The van der Waals surface area contributed by atoms with Gasteiger partial charge in [-0.25, -0.2) is 29.9 Å². The van der Waals surface area contributed by atoms with E-state index in [0.717, 1.165) is 88.7 Å². The first-order valence-electron chi connectivity index (χ1n) is 43.2. The summed E-state index contributed by atoms with van der Waals surface area (Å²) in [4.78, 5) is 30.4. The molecule has 2 spiro atoms. The van der Waals surface area contributed by atoms with Crippen LogP contribution in [0, 0.1) is 55.4 Å². The quantitative estimate of drug-likeness (QED) is 0.136. The second-order valence-electron chi connectivity index (χ2n) is 35.1. The highest BCUT2D eigenvalue weighted by molar-refractivity contribution is 9.10. The molecule has 2 aromatic heterocycles. The number of benzene rings is 16. The maximum Gasteiger partial charge on any atom is 0.534 e. The molecule has 0 saturated carbocycles. The fraction of sp³-hybridized carbons (Fsp3) is 0.140. The summed E-state index contributed by atoms with van der Waals surface area (Å²) in [6.07, 6.45) is 0. The predicted molar refractivity (Wildman–Crippen MR) is 515 cm³/mol. The molecule has 126 heavy (non-hydrogen) atoms. The fourth-order valence-electron chi connectivity index (χ4n) is 20.1. The van der Waals surface area contributed by atoms with Gasteiger partial charge in [-0.1, -0.05) is 336 Å². The van der Waals surface area contributed by atoms with Gasteiger partial charge in [0.15, 0.2) is 34.8 Å². The molecule has 18 aromatic rings. The van der Waals surface area contributed by atoms with E-state index in [1.807, 2.05) is 76.2 Å². The second kappa shape index (κ2) is 30.8. The number of aromatic nitrogens is 6. The van der Waals surface area contributed by atoms with Crippen molar-refractivity contribution < 1.29 is 18.8 Å². The van der Waals surface area contributed by atoms with Gasteiger partial charge < -0.3 is 18.8 Å². The lowest BCUT2D eigenvalue weighted by Crippen LogP contribution is -2.41. The third-order valence-electron chi connectivity index (χ3n) is 26.6. The van der Waals surface area contributed by atoms with Gasteiger partial charge in [0.1, 0.15) is 23.0 Å². The summed E-state index contributed by atoms with van der Waals surface area (Å²) in [5, 5.41) is 4.90. The van der Waals surface area contributed by atoms with Crippen LogP contribution in [0.25, 0.3) is 123 Å². The van der Waals surface area contributed by atoms with E-state index in [1.165, 1.54) is 122 Å². The molecule has 2 atom stereocenters. The molecule has 0 bridgehead atoms. The molecule has 10 nitrogen and oxygen atoms in total. The lowest BCUT2D eigenvalue weighted by Gasteiger charge is -2.40. The largest absolute Gasteiger partial charge is 0.534 e. The van der Waals surface area contributed by atoms with Crippen LogP contribution in [0.5, 0.6) is 23.0 Å². The van der Waals surface area contributed by atoms with E-state index in [4.69, 9.17) is 48.7 Å². The minimum atomic E-state index is -0.696. The maximum atomic E-state index is 6.84. The van der Waals surface area contributed by atoms with Crippen LogP contribution in [0.3, 0.4) is 0 Å². The molecule has 0 N–H and O–H groups in total. The van der Waals surface area contributed by atoms with Gasteiger partial charge in [0.2, 0.25) is 0 Å². The van der Waals surface area contributed by atoms with Gasteiger partial charge in [-0.05, 0) is 223 Å². The molecule has 2 aliphatic carbocycles. The Morgan fingerprint density at radius 1 is 0.270 bits per heavy atom. The van der Waals surface area contributed by atoms with E-state index in [9.17, 15) is 0 Å². The molecule has 1 fully saturated rings. The summed E-state index contributed by atoms with van der Waals surface area (Å²) < 4.78 is 27.1.